The van der Waals surface area contributed by atoms with E-state index < -0.39 is 0 Å². The predicted molar refractivity (Wildman–Crippen MR) is 90.4 cm³/mol. The van der Waals surface area contributed by atoms with Gasteiger partial charge in [0, 0.05) is 34.2 Å². The zero-order valence-corrected chi connectivity index (χ0v) is 13.2. The van der Waals surface area contributed by atoms with Gasteiger partial charge in [0.25, 0.3) is 0 Å². The summed E-state index contributed by atoms with van der Waals surface area (Å²) < 4.78 is 2.96. The fourth-order valence-electron chi connectivity index (χ4n) is 2.40. The van der Waals surface area contributed by atoms with Crippen molar-refractivity contribution in [2.24, 2.45) is 7.05 Å². The molecule has 0 bridgehead atoms. The van der Waals surface area contributed by atoms with Gasteiger partial charge in [-0.3, -0.25) is 4.79 Å². The first-order chi connectivity index (χ1) is 10.2. The Bertz CT molecular complexity index is 845. The number of hydrogen-bond donors (Lipinski definition) is 0. The lowest BCUT2D eigenvalue weighted by Crippen LogP contribution is -1.92. The molecule has 2 aromatic carbocycles. The number of nitrogens with zero attached hydrogens (tertiary/aromatic N) is 1. The minimum absolute atomic E-state index is 0.0163. The number of fused-ring (bicyclic) bond motifs is 1. The maximum atomic E-state index is 12.4. The van der Waals surface area contributed by atoms with Gasteiger partial charge in [-0.2, -0.15) is 0 Å². The second kappa shape index (κ2) is 5.70. The fourth-order valence-corrected chi connectivity index (χ4v) is 2.82. The molecule has 0 fully saturated rings. The van der Waals surface area contributed by atoms with Gasteiger partial charge in [0.2, 0.25) is 0 Å². The van der Waals surface area contributed by atoms with E-state index in [1.165, 1.54) is 0 Å². The van der Waals surface area contributed by atoms with Crippen LogP contribution in [0.4, 0.5) is 0 Å². The topological polar surface area (TPSA) is 22.0 Å². The lowest BCUT2D eigenvalue weighted by atomic mass is 10.1. The highest BCUT2D eigenvalue weighted by Crippen LogP contribution is 2.22. The molecule has 3 aromatic rings. The van der Waals surface area contributed by atoms with Gasteiger partial charge in [-0.25, -0.2) is 0 Å². The van der Waals surface area contributed by atoms with Crippen LogP contribution in [0.1, 0.15) is 15.9 Å². The normalized spacial score (nSPS) is 11.3. The highest BCUT2D eigenvalue weighted by molar-refractivity contribution is 9.10. The lowest BCUT2D eigenvalue weighted by Gasteiger charge is -1.97. The number of allylic oxidation sites excluding steroid dienone is 1. The Morgan fingerprint density at radius 2 is 1.81 bits per heavy atom. The van der Waals surface area contributed by atoms with Crippen LogP contribution in [0.3, 0.4) is 0 Å². The summed E-state index contributed by atoms with van der Waals surface area (Å²) in [4.78, 5) is 12.4. The summed E-state index contributed by atoms with van der Waals surface area (Å²) in [6, 6.07) is 15.8. The first kappa shape index (κ1) is 13.8. The SMILES string of the molecule is Cn1cc(C(=O)/C=C/c2ccccc2Br)c2ccccc21. The quantitative estimate of drug-likeness (QED) is 0.494. The molecule has 0 aliphatic heterocycles. The third-order valence-electron chi connectivity index (χ3n) is 3.48. The number of carbonyl (C=O) groups excluding carboxylic acids is 1. The smallest absolute Gasteiger partial charge is 0.188 e. The van der Waals surface area contributed by atoms with Crippen LogP contribution >= 0.6 is 15.9 Å². The largest absolute Gasteiger partial charge is 0.350 e. The molecule has 0 N–H and O–H groups in total. The highest BCUT2D eigenvalue weighted by atomic mass is 79.9. The predicted octanol–water partition coefficient (Wildman–Crippen LogP) is 4.84. The number of hydrogen-bond acceptors (Lipinski definition) is 1. The number of rotatable bonds is 3. The molecular weight excluding hydrogens is 326 g/mol. The van der Waals surface area contributed by atoms with Crippen molar-refractivity contribution >= 4 is 38.7 Å². The van der Waals surface area contributed by atoms with Gasteiger partial charge < -0.3 is 4.57 Å². The third-order valence-corrected chi connectivity index (χ3v) is 4.20. The summed E-state index contributed by atoms with van der Waals surface area (Å²) in [6.45, 7) is 0. The van der Waals surface area contributed by atoms with Crippen LogP contribution in [0.15, 0.2) is 65.3 Å². The summed E-state index contributed by atoms with van der Waals surface area (Å²) in [5.41, 5.74) is 2.79. The van der Waals surface area contributed by atoms with Crippen molar-refractivity contribution in [1.82, 2.24) is 4.57 Å². The van der Waals surface area contributed by atoms with Gasteiger partial charge in [-0.1, -0.05) is 52.3 Å². The number of ketones is 1. The number of aromatic nitrogens is 1. The molecule has 1 heterocycles. The second-order valence-electron chi connectivity index (χ2n) is 4.89. The van der Waals surface area contributed by atoms with Gasteiger partial charge in [-0.15, -0.1) is 0 Å². The van der Waals surface area contributed by atoms with E-state index in [1.807, 2.05) is 72.4 Å². The van der Waals surface area contributed by atoms with Crippen LogP contribution < -0.4 is 0 Å². The molecule has 0 aliphatic rings. The van der Waals surface area contributed by atoms with E-state index in [0.717, 1.165) is 26.5 Å². The summed E-state index contributed by atoms with van der Waals surface area (Å²) in [5, 5.41) is 0.988. The summed E-state index contributed by atoms with van der Waals surface area (Å²) in [7, 11) is 1.95. The maximum Gasteiger partial charge on any atom is 0.188 e. The Morgan fingerprint density at radius 3 is 2.62 bits per heavy atom. The van der Waals surface area contributed by atoms with E-state index in [2.05, 4.69) is 15.9 Å². The standard InChI is InChI=1S/C18H14BrNO/c1-20-12-15(14-7-3-5-9-17(14)20)18(21)11-10-13-6-2-4-8-16(13)19/h2-12H,1H3/b11-10+. The molecule has 0 spiro atoms. The zero-order valence-electron chi connectivity index (χ0n) is 11.6. The first-order valence-corrected chi connectivity index (χ1v) is 7.47. The Kier molecular flexibility index (Phi) is 3.76. The molecule has 21 heavy (non-hydrogen) atoms. The number of aryl methyl sites for hydroxylation is 1. The number of para-hydroxylation sites is 1. The Labute approximate surface area is 131 Å². The second-order valence-corrected chi connectivity index (χ2v) is 5.74. The molecule has 104 valence electrons. The molecule has 0 unspecified atom stereocenters. The van der Waals surface area contributed by atoms with Gasteiger partial charge in [0.05, 0.1) is 0 Å². The van der Waals surface area contributed by atoms with Crippen LogP contribution in [0, 0.1) is 0 Å². The number of benzene rings is 2. The Morgan fingerprint density at radius 1 is 1.10 bits per heavy atom. The molecule has 0 saturated heterocycles. The van der Waals surface area contributed by atoms with Crippen molar-refractivity contribution in [2.75, 3.05) is 0 Å². The molecule has 3 heteroatoms. The number of carbonyl (C=O) groups is 1. The Hall–Kier alpha value is -2.13. The van der Waals surface area contributed by atoms with Gasteiger partial charge in [-0.05, 0) is 29.8 Å². The average Bonchev–Trinajstić information content (AvgIpc) is 2.84. The average molecular weight is 340 g/mol. The number of halogens is 1. The van der Waals surface area contributed by atoms with Gasteiger partial charge in [0.15, 0.2) is 5.78 Å². The molecule has 0 radical (unpaired) electrons. The fraction of sp³-hybridized carbons (Fsp3) is 0.0556. The minimum atomic E-state index is 0.0163. The Balaban J connectivity index is 1.97. The van der Waals surface area contributed by atoms with E-state index in [-0.39, 0.29) is 5.78 Å². The zero-order chi connectivity index (χ0) is 14.8. The van der Waals surface area contributed by atoms with Crippen LogP contribution in [0.5, 0.6) is 0 Å². The lowest BCUT2D eigenvalue weighted by molar-refractivity contribution is 0.104. The monoisotopic (exact) mass is 339 g/mol. The highest BCUT2D eigenvalue weighted by Gasteiger charge is 2.11. The molecule has 1 aromatic heterocycles. The third kappa shape index (κ3) is 2.69. The molecular formula is C18H14BrNO. The van der Waals surface area contributed by atoms with E-state index >= 15 is 0 Å². The van der Waals surface area contributed by atoms with Crippen molar-refractivity contribution in [1.29, 1.82) is 0 Å². The van der Waals surface area contributed by atoms with Crippen LogP contribution in [0.25, 0.3) is 17.0 Å². The van der Waals surface area contributed by atoms with Crippen molar-refractivity contribution in [3.05, 3.63) is 76.4 Å². The molecule has 3 rings (SSSR count). The molecule has 0 saturated carbocycles. The van der Waals surface area contributed by atoms with Gasteiger partial charge in [0.1, 0.15) is 0 Å². The summed E-state index contributed by atoms with van der Waals surface area (Å²) in [5.74, 6) is 0.0163. The van der Waals surface area contributed by atoms with E-state index in [9.17, 15) is 4.79 Å². The van der Waals surface area contributed by atoms with Crippen LogP contribution in [-0.4, -0.2) is 10.4 Å². The van der Waals surface area contributed by atoms with E-state index in [1.54, 1.807) is 6.08 Å². The molecule has 0 aliphatic carbocycles. The summed E-state index contributed by atoms with van der Waals surface area (Å²) >= 11 is 3.48. The molecule has 0 atom stereocenters. The summed E-state index contributed by atoms with van der Waals surface area (Å²) in [6.07, 6.45) is 5.35. The van der Waals surface area contributed by atoms with Crippen molar-refractivity contribution in [3.63, 3.8) is 0 Å². The van der Waals surface area contributed by atoms with E-state index in [0.29, 0.717) is 0 Å². The van der Waals surface area contributed by atoms with Crippen molar-refractivity contribution < 1.29 is 4.79 Å². The van der Waals surface area contributed by atoms with Crippen LogP contribution in [-0.2, 0) is 7.05 Å². The van der Waals surface area contributed by atoms with Crippen molar-refractivity contribution in [2.45, 2.75) is 0 Å². The van der Waals surface area contributed by atoms with E-state index in [4.69, 9.17) is 0 Å². The van der Waals surface area contributed by atoms with Crippen LogP contribution in [0.2, 0.25) is 0 Å². The minimum Gasteiger partial charge on any atom is -0.350 e. The molecule has 2 nitrogen and oxygen atoms in total. The van der Waals surface area contributed by atoms with Gasteiger partial charge >= 0.3 is 0 Å². The maximum absolute atomic E-state index is 12.4. The molecule has 0 amide bonds. The van der Waals surface area contributed by atoms with Crippen molar-refractivity contribution in [3.8, 4) is 0 Å². The first-order valence-electron chi connectivity index (χ1n) is 6.68.